The molecule has 1 aliphatic rings. The molecule has 0 spiro atoms. The topological polar surface area (TPSA) is 41.1 Å². The average molecular weight is 329 g/mol. The van der Waals surface area contributed by atoms with E-state index in [9.17, 15) is 9.18 Å². The van der Waals surface area contributed by atoms with Gasteiger partial charge in [0.25, 0.3) is 0 Å². The van der Waals surface area contributed by atoms with Gasteiger partial charge in [-0.25, -0.2) is 4.39 Å². The fraction of sp³-hybridized carbons (Fsp3) is 0.500. The predicted molar refractivity (Wildman–Crippen MR) is 76.2 cm³/mol. The highest BCUT2D eigenvalue weighted by Crippen LogP contribution is 2.25. The third kappa shape index (κ3) is 3.54. The maximum atomic E-state index is 13.6. The zero-order valence-electron chi connectivity index (χ0n) is 10.9. The van der Waals surface area contributed by atoms with Crippen molar-refractivity contribution in [3.8, 4) is 0 Å². The second-order valence-corrected chi connectivity index (χ2v) is 6.18. The number of amides is 1. The highest BCUT2D eigenvalue weighted by molar-refractivity contribution is 9.10. The number of hydrogen-bond acceptors (Lipinski definition) is 2. The molecular formula is C14H18BrFN2O. The van der Waals surface area contributed by atoms with Crippen LogP contribution in [-0.2, 0) is 11.3 Å². The van der Waals surface area contributed by atoms with Gasteiger partial charge in [-0.05, 0) is 44.5 Å². The van der Waals surface area contributed by atoms with Crippen LogP contribution in [0.1, 0.15) is 25.3 Å². The molecule has 1 amide bonds. The molecule has 1 saturated heterocycles. The molecule has 0 aliphatic carbocycles. The van der Waals surface area contributed by atoms with Gasteiger partial charge in [0.2, 0.25) is 5.91 Å². The SMILES string of the molecule is CC1(C(=O)NCc2cc(Br)ccc2F)CCCNC1. The number of nitrogens with one attached hydrogen (secondary N) is 2. The summed E-state index contributed by atoms with van der Waals surface area (Å²) < 4.78 is 14.4. The van der Waals surface area contributed by atoms with E-state index in [1.807, 2.05) is 6.92 Å². The molecule has 1 aromatic rings. The van der Waals surface area contributed by atoms with Crippen molar-refractivity contribution in [2.45, 2.75) is 26.3 Å². The molecular weight excluding hydrogens is 311 g/mol. The van der Waals surface area contributed by atoms with Crippen molar-refractivity contribution in [3.63, 3.8) is 0 Å². The minimum atomic E-state index is -0.388. The summed E-state index contributed by atoms with van der Waals surface area (Å²) in [6.07, 6.45) is 1.86. The van der Waals surface area contributed by atoms with Crippen LogP contribution < -0.4 is 10.6 Å². The fourth-order valence-corrected chi connectivity index (χ4v) is 2.73. The molecule has 1 unspecified atom stereocenters. The average Bonchev–Trinajstić information content (AvgIpc) is 2.40. The largest absolute Gasteiger partial charge is 0.351 e. The molecule has 0 saturated carbocycles. The van der Waals surface area contributed by atoms with Gasteiger partial charge in [0.15, 0.2) is 0 Å². The first-order valence-corrected chi connectivity index (χ1v) is 7.23. The fourth-order valence-electron chi connectivity index (χ4n) is 2.32. The maximum absolute atomic E-state index is 13.6. The summed E-state index contributed by atoms with van der Waals surface area (Å²) >= 11 is 3.30. The molecule has 2 N–H and O–H groups in total. The van der Waals surface area contributed by atoms with E-state index in [0.29, 0.717) is 12.1 Å². The Kier molecular flexibility index (Phi) is 4.58. The van der Waals surface area contributed by atoms with E-state index >= 15 is 0 Å². The van der Waals surface area contributed by atoms with Crippen LogP contribution in [0.2, 0.25) is 0 Å². The smallest absolute Gasteiger partial charge is 0.227 e. The number of carbonyl (C=O) groups excluding carboxylic acids is 1. The summed E-state index contributed by atoms with van der Waals surface area (Å²) in [5, 5.41) is 6.07. The van der Waals surface area contributed by atoms with Gasteiger partial charge in [0, 0.05) is 23.1 Å². The molecule has 5 heteroatoms. The second kappa shape index (κ2) is 6.01. The van der Waals surface area contributed by atoms with Crippen molar-refractivity contribution in [2.24, 2.45) is 5.41 Å². The molecule has 104 valence electrons. The molecule has 0 bridgehead atoms. The minimum Gasteiger partial charge on any atom is -0.351 e. The van der Waals surface area contributed by atoms with E-state index in [0.717, 1.165) is 23.9 Å². The van der Waals surface area contributed by atoms with Gasteiger partial charge >= 0.3 is 0 Å². The molecule has 1 aliphatic heterocycles. The Labute approximate surface area is 121 Å². The summed E-state index contributed by atoms with van der Waals surface area (Å²) in [5.41, 5.74) is 0.107. The highest BCUT2D eigenvalue weighted by atomic mass is 79.9. The number of rotatable bonds is 3. The van der Waals surface area contributed by atoms with Gasteiger partial charge in [0.1, 0.15) is 5.82 Å². The van der Waals surface area contributed by atoms with Crippen LogP contribution in [-0.4, -0.2) is 19.0 Å². The van der Waals surface area contributed by atoms with Gasteiger partial charge in [-0.3, -0.25) is 4.79 Å². The van der Waals surface area contributed by atoms with E-state index in [-0.39, 0.29) is 23.7 Å². The molecule has 1 atom stereocenters. The number of benzene rings is 1. The molecule has 0 aromatic heterocycles. The molecule has 3 nitrogen and oxygen atoms in total. The lowest BCUT2D eigenvalue weighted by Crippen LogP contribution is -2.48. The quantitative estimate of drug-likeness (QED) is 0.895. The summed E-state index contributed by atoms with van der Waals surface area (Å²) in [5.74, 6) is -0.311. The normalized spacial score (nSPS) is 23.1. The monoisotopic (exact) mass is 328 g/mol. The zero-order valence-corrected chi connectivity index (χ0v) is 12.5. The van der Waals surface area contributed by atoms with Crippen LogP contribution >= 0.6 is 15.9 Å². The predicted octanol–water partition coefficient (Wildman–Crippen LogP) is 2.59. The molecule has 1 aromatic carbocycles. The van der Waals surface area contributed by atoms with Gasteiger partial charge < -0.3 is 10.6 Å². The van der Waals surface area contributed by atoms with Gasteiger partial charge in [-0.1, -0.05) is 15.9 Å². The Morgan fingerprint density at radius 1 is 1.58 bits per heavy atom. The Balaban J connectivity index is 1.98. The first kappa shape index (κ1) is 14.5. The van der Waals surface area contributed by atoms with Gasteiger partial charge in [-0.2, -0.15) is 0 Å². The Hall–Kier alpha value is -0.940. The van der Waals surface area contributed by atoms with E-state index in [4.69, 9.17) is 0 Å². The first-order valence-electron chi connectivity index (χ1n) is 6.44. The van der Waals surface area contributed by atoms with Crippen LogP contribution in [0.25, 0.3) is 0 Å². The molecule has 1 fully saturated rings. The van der Waals surface area contributed by atoms with Crippen LogP contribution in [0.4, 0.5) is 4.39 Å². The van der Waals surface area contributed by atoms with Crippen LogP contribution in [0, 0.1) is 11.2 Å². The maximum Gasteiger partial charge on any atom is 0.227 e. The standard InChI is InChI=1S/C14H18BrFN2O/c1-14(5-2-6-17-9-14)13(19)18-8-10-7-11(15)3-4-12(10)16/h3-4,7,17H,2,5-6,8-9H2,1H3,(H,18,19). The Bertz CT molecular complexity index is 473. The van der Waals surface area contributed by atoms with Crippen LogP contribution in [0.15, 0.2) is 22.7 Å². The van der Waals surface area contributed by atoms with Crippen molar-refractivity contribution >= 4 is 21.8 Å². The molecule has 0 radical (unpaired) electrons. The Morgan fingerprint density at radius 3 is 3.05 bits per heavy atom. The second-order valence-electron chi connectivity index (χ2n) is 5.26. The van der Waals surface area contributed by atoms with Crippen molar-refractivity contribution < 1.29 is 9.18 Å². The summed E-state index contributed by atoms with van der Waals surface area (Å²) in [7, 11) is 0. The van der Waals surface area contributed by atoms with Crippen molar-refractivity contribution in [2.75, 3.05) is 13.1 Å². The summed E-state index contributed by atoms with van der Waals surface area (Å²) in [6, 6.07) is 4.74. The third-order valence-corrected chi connectivity index (χ3v) is 4.09. The van der Waals surface area contributed by atoms with Gasteiger partial charge in [-0.15, -0.1) is 0 Å². The first-order chi connectivity index (χ1) is 9.01. The lowest BCUT2D eigenvalue weighted by molar-refractivity contribution is -0.131. The highest BCUT2D eigenvalue weighted by Gasteiger charge is 2.34. The molecule has 1 heterocycles. The van der Waals surface area contributed by atoms with E-state index < -0.39 is 0 Å². The van der Waals surface area contributed by atoms with E-state index in [2.05, 4.69) is 26.6 Å². The number of carbonyl (C=O) groups is 1. The van der Waals surface area contributed by atoms with Crippen molar-refractivity contribution in [1.29, 1.82) is 0 Å². The van der Waals surface area contributed by atoms with Gasteiger partial charge in [0.05, 0.1) is 5.41 Å². The number of hydrogen-bond donors (Lipinski definition) is 2. The summed E-state index contributed by atoms with van der Waals surface area (Å²) in [6.45, 7) is 3.81. The zero-order chi connectivity index (χ0) is 13.9. The van der Waals surface area contributed by atoms with Crippen molar-refractivity contribution in [3.05, 3.63) is 34.1 Å². The third-order valence-electron chi connectivity index (χ3n) is 3.59. The summed E-state index contributed by atoms with van der Waals surface area (Å²) in [4.78, 5) is 12.2. The lowest BCUT2D eigenvalue weighted by atomic mass is 9.82. The molecule has 2 rings (SSSR count). The van der Waals surface area contributed by atoms with Crippen LogP contribution in [0.5, 0.6) is 0 Å². The van der Waals surface area contributed by atoms with E-state index in [1.54, 1.807) is 12.1 Å². The minimum absolute atomic E-state index is 0.0147. The Morgan fingerprint density at radius 2 is 2.37 bits per heavy atom. The number of piperidine rings is 1. The lowest BCUT2D eigenvalue weighted by Gasteiger charge is -2.32. The van der Waals surface area contributed by atoms with E-state index in [1.165, 1.54) is 6.07 Å². The molecule has 19 heavy (non-hydrogen) atoms. The van der Waals surface area contributed by atoms with Crippen LogP contribution in [0.3, 0.4) is 0 Å². The van der Waals surface area contributed by atoms with Crippen molar-refractivity contribution in [1.82, 2.24) is 10.6 Å². The number of halogens is 2.